The SMILES string of the molecule is [O]=[Pt](=[O])([PH](c1ccccc1)(c1ccccc1)c1ccccc1)[PH](c1ccccc1)(c1ccccc1)c1ccccc1. The van der Waals surface area contributed by atoms with E-state index in [0.717, 1.165) is 31.8 Å². The molecule has 0 radical (unpaired) electrons. The summed E-state index contributed by atoms with van der Waals surface area (Å²) in [5.41, 5.74) is 0. The summed E-state index contributed by atoms with van der Waals surface area (Å²) in [5.74, 6) is 0. The molecular weight excluding hydrogens is 721 g/mol. The van der Waals surface area contributed by atoms with Crippen LogP contribution in [0.5, 0.6) is 0 Å². The van der Waals surface area contributed by atoms with E-state index in [0.29, 0.717) is 0 Å². The van der Waals surface area contributed by atoms with Crippen molar-refractivity contribution in [1.29, 1.82) is 0 Å². The molecule has 0 amide bonds. The van der Waals surface area contributed by atoms with Gasteiger partial charge < -0.3 is 0 Å². The summed E-state index contributed by atoms with van der Waals surface area (Å²) in [6, 6.07) is 60.1. The molecule has 0 aromatic heterocycles. The molecule has 0 bridgehead atoms. The van der Waals surface area contributed by atoms with Gasteiger partial charge in [0.25, 0.3) is 0 Å². The maximum absolute atomic E-state index is 16.7. The van der Waals surface area contributed by atoms with Gasteiger partial charge in [0.05, 0.1) is 0 Å². The van der Waals surface area contributed by atoms with E-state index >= 15 is 6.80 Å². The maximum atomic E-state index is 16.7. The number of benzene rings is 6. The van der Waals surface area contributed by atoms with Gasteiger partial charge in [-0.05, 0) is 0 Å². The van der Waals surface area contributed by atoms with Gasteiger partial charge in [-0.2, -0.15) is 0 Å². The zero-order valence-electron chi connectivity index (χ0n) is 22.5. The summed E-state index contributed by atoms with van der Waals surface area (Å²) >= 11 is -5.61. The summed E-state index contributed by atoms with van der Waals surface area (Å²) in [6.07, 6.45) is 0. The third kappa shape index (κ3) is 4.47. The van der Waals surface area contributed by atoms with Crippen LogP contribution in [0.3, 0.4) is 0 Å². The van der Waals surface area contributed by atoms with Gasteiger partial charge in [0.1, 0.15) is 0 Å². The second-order valence-electron chi connectivity index (χ2n) is 9.81. The molecule has 6 rings (SSSR count). The zero-order valence-corrected chi connectivity index (χ0v) is 26.7. The standard InChI is InChI=1S/2C18H15P.2O.Pt/c2*1-4-10-16(11-5-1)19(17-12-6-2-7-13-17)18-14-8-3-9-15-18;;;/h2*1-15H;;;/q;;;;-2/p+2. The second kappa shape index (κ2) is 11.8. The van der Waals surface area contributed by atoms with Gasteiger partial charge in [0.2, 0.25) is 0 Å². The van der Waals surface area contributed by atoms with Crippen molar-refractivity contribution in [3.8, 4) is 0 Å². The Morgan fingerprint density at radius 3 is 0.561 bits per heavy atom. The van der Waals surface area contributed by atoms with E-state index in [1.54, 1.807) is 0 Å². The van der Waals surface area contributed by atoms with Gasteiger partial charge in [-0.25, -0.2) is 0 Å². The fraction of sp³-hybridized carbons (Fsp3) is 0. The third-order valence-electron chi connectivity index (χ3n) is 7.55. The van der Waals surface area contributed by atoms with Crippen LogP contribution in [0.25, 0.3) is 0 Å². The Hall–Kier alpha value is -3.53. The molecule has 0 saturated heterocycles. The van der Waals surface area contributed by atoms with Crippen LogP contribution in [-0.4, -0.2) is 0 Å². The van der Waals surface area contributed by atoms with E-state index in [9.17, 15) is 0 Å². The summed E-state index contributed by atoms with van der Waals surface area (Å²) in [7, 11) is 0. The molecule has 0 aliphatic carbocycles. The van der Waals surface area contributed by atoms with Gasteiger partial charge in [-0.3, -0.25) is 0 Å². The molecule has 0 aliphatic rings. The second-order valence-corrected chi connectivity index (χ2v) is 38.2. The molecule has 0 spiro atoms. The van der Waals surface area contributed by atoms with E-state index in [2.05, 4.69) is 0 Å². The average Bonchev–Trinajstić information content (AvgIpc) is 3.05. The van der Waals surface area contributed by atoms with Crippen LogP contribution in [0, 0.1) is 0 Å². The van der Waals surface area contributed by atoms with E-state index < -0.39 is 25.7 Å². The predicted octanol–water partition coefficient (Wildman–Crippen LogP) is 6.11. The quantitative estimate of drug-likeness (QED) is 0.176. The van der Waals surface area contributed by atoms with Crippen molar-refractivity contribution in [1.82, 2.24) is 0 Å². The van der Waals surface area contributed by atoms with Crippen molar-refractivity contribution in [3.05, 3.63) is 182 Å². The fourth-order valence-electron chi connectivity index (χ4n) is 5.84. The van der Waals surface area contributed by atoms with Gasteiger partial charge in [-0.1, -0.05) is 0 Å². The molecular formula is C36H32O2P2Pt. The molecule has 0 heterocycles. The Kier molecular flexibility index (Phi) is 7.92. The Labute approximate surface area is 245 Å². The topological polar surface area (TPSA) is 34.1 Å². The normalized spacial score (nSPS) is 13.3. The molecule has 0 saturated carbocycles. The number of rotatable bonds is 8. The zero-order chi connectivity index (χ0) is 28.2. The van der Waals surface area contributed by atoms with E-state index in [-0.39, 0.29) is 0 Å². The van der Waals surface area contributed by atoms with Gasteiger partial charge in [0, 0.05) is 0 Å². The van der Waals surface area contributed by atoms with Crippen molar-refractivity contribution < 1.29 is 21.8 Å². The number of hydrogen-bond donors (Lipinski definition) is 0. The molecule has 0 unspecified atom stereocenters. The first-order valence-electron chi connectivity index (χ1n) is 13.5. The Bertz CT molecular complexity index is 1490. The molecule has 0 fully saturated rings. The van der Waals surface area contributed by atoms with Gasteiger partial charge in [0.15, 0.2) is 0 Å². The van der Waals surface area contributed by atoms with Crippen molar-refractivity contribution in [2.75, 3.05) is 0 Å². The van der Waals surface area contributed by atoms with Crippen molar-refractivity contribution >= 4 is 42.5 Å². The van der Waals surface area contributed by atoms with Crippen LogP contribution >= 0.6 is 10.7 Å². The van der Waals surface area contributed by atoms with Crippen LogP contribution in [0.1, 0.15) is 0 Å². The van der Waals surface area contributed by atoms with E-state index in [4.69, 9.17) is 0 Å². The molecule has 41 heavy (non-hydrogen) atoms. The van der Waals surface area contributed by atoms with Crippen molar-refractivity contribution in [2.45, 2.75) is 0 Å². The first-order valence-corrected chi connectivity index (χ1v) is 25.8. The van der Waals surface area contributed by atoms with Gasteiger partial charge in [-0.15, -0.1) is 0 Å². The van der Waals surface area contributed by atoms with Crippen molar-refractivity contribution in [3.63, 3.8) is 0 Å². The minimum atomic E-state index is -5.61. The van der Waals surface area contributed by atoms with Crippen LogP contribution in [0.4, 0.5) is 0 Å². The molecule has 2 nitrogen and oxygen atoms in total. The van der Waals surface area contributed by atoms with Crippen LogP contribution in [-0.2, 0) is 21.8 Å². The van der Waals surface area contributed by atoms with Crippen LogP contribution in [0.2, 0.25) is 0 Å². The van der Waals surface area contributed by atoms with Crippen LogP contribution in [0.15, 0.2) is 182 Å². The Morgan fingerprint density at radius 1 is 0.268 bits per heavy atom. The van der Waals surface area contributed by atoms with Gasteiger partial charge >= 0.3 is 246 Å². The molecule has 6 aromatic rings. The fourth-order valence-corrected chi connectivity index (χ4v) is 61.8. The predicted molar refractivity (Wildman–Crippen MR) is 174 cm³/mol. The molecule has 208 valence electrons. The summed E-state index contributed by atoms with van der Waals surface area (Å²) < 4.78 is 33.4. The summed E-state index contributed by atoms with van der Waals surface area (Å²) in [5, 5.41) is -2.00. The third-order valence-corrected chi connectivity index (χ3v) is 52.3. The van der Waals surface area contributed by atoms with Crippen molar-refractivity contribution in [2.24, 2.45) is 0 Å². The van der Waals surface area contributed by atoms with E-state index in [1.807, 2.05) is 182 Å². The molecule has 5 heteroatoms. The summed E-state index contributed by atoms with van der Waals surface area (Å²) in [6.45, 7) is 0. The Balaban J connectivity index is 1.88. The monoisotopic (exact) mass is 753 g/mol. The molecule has 0 aliphatic heterocycles. The van der Waals surface area contributed by atoms with E-state index in [1.165, 1.54) is 0 Å². The molecule has 0 atom stereocenters. The first-order chi connectivity index (χ1) is 20.1. The molecule has 0 N–H and O–H groups in total. The summed E-state index contributed by atoms with van der Waals surface area (Å²) in [4.78, 5) is 0. The number of hydrogen-bond acceptors (Lipinski definition) is 2. The minimum absolute atomic E-state index is 0.902. The molecule has 6 aromatic carbocycles. The first kappa shape index (κ1) is 27.6. The van der Waals surface area contributed by atoms with Crippen LogP contribution < -0.4 is 31.8 Å². The average molecular weight is 754 g/mol. The Morgan fingerprint density at radius 2 is 0.415 bits per heavy atom.